The largest absolute Gasteiger partial charge is 0.416 e. The number of hydrogen-bond acceptors (Lipinski definition) is 3. The number of hydrogen-bond donors (Lipinski definition) is 0. The fourth-order valence-corrected chi connectivity index (χ4v) is 3.91. The topological polar surface area (TPSA) is 54.5 Å². The maximum Gasteiger partial charge on any atom is 0.416 e. The smallest absolute Gasteiger partial charge is 0.311 e. The highest BCUT2D eigenvalue weighted by atomic mass is 35.7. The highest BCUT2D eigenvalue weighted by Crippen LogP contribution is 2.37. The van der Waals surface area contributed by atoms with E-state index in [1.165, 1.54) is 4.90 Å². The molecule has 1 saturated heterocycles. The Labute approximate surface area is 134 Å². The Bertz CT molecular complexity index is 706. The molecule has 1 unspecified atom stereocenters. The molecule has 0 radical (unpaired) electrons. The molecule has 1 fully saturated rings. The molecule has 0 spiro atoms. The van der Waals surface area contributed by atoms with Crippen LogP contribution >= 0.6 is 22.3 Å². The van der Waals surface area contributed by atoms with Crippen molar-refractivity contribution in [1.29, 1.82) is 0 Å². The van der Waals surface area contributed by atoms with Crippen LogP contribution in [0, 0.1) is 5.92 Å². The third-order valence-corrected chi connectivity index (χ3v) is 4.76. The van der Waals surface area contributed by atoms with Crippen molar-refractivity contribution >= 4 is 42.9 Å². The average Bonchev–Trinajstić information content (AvgIpc) is 2.66. The molecule has 1 heterocycles. The van der Waals surface area contributed by atoms with Crippen molar-refractivity contribution in [3.63, 3.8) is 0 Å². The standard InChI is InChI=1S/C12H10Cl2F3NO3S/c13-9-4-8(12(15,16)17)1-2-10(9)18-5-7(3-11(18)19)6-22(14,20)21/h1-2,4,7H,3,5-6H2. The minimum atomic E-state index is -4.54. The van der Waals surface area contributed by atoms with E-state index in [2.05, 4.69) is 0 Å². The normalized spacial score (nSPS) is 19.8. The van der Waals surface area contributed by atoms with Gasteiger partial charge in [-0.15, -0.1) is 0 Å². The van der Waals surface area contributed by atoms with Gasteiger partial charge in [0, 0.05) is 29.6 Å². The van der Waals surface area contributed by atoms with Crippen molar-refractivity contribution < 1.29 is 26.4 Å². The summed E-state index contributed by atoms with van der Waals surface area (Å²) >= 11 is 5.82. The number of rotatable bonds is 3. The molecule has 0 saturated carbocycles. The first-order chi connectivity index (χ1) is 9.97. The summed E-state index contributed by atoms with van der Waals surface area (Å²) in [5.74, 6) is -1.31. The predicted octanol–water partition coefficient (Wildman–Crippen LogP) is 3.28. The molecule has 0 aromatic heterocycles. The summed E-state index contributed by atoms with van der Waals surface area (Å²) in [4.78, 5) is 13.1. The monoisotopic (exact) mass is 375 g/mol. The molecular formula is C12H10Cl2F3NO3S. The molecule has 0 aliphatic carbocycles. The number of amides is 1. The van der Waals surface area contributed by atoms with Gasteiger partial charge in [0.05, 0.1) is 22.0 Å². The Balaban J connectivity index is 2.24. The molecule has 1 amide bonds. The molecule has 0 bridgehead atoms. The Kier molecular flexibility index (Phi) is 4.66. The maximum absolute atomic E-state index is 12.6. The van der Waals surface area contributed by atoms with Gasteiger partial charge in [-0.3, -0.25) is 4.79 Å². The Hall–Kier alpha value is -0.990. The third kappa shape index (κ3) is 4.05. The second-order valence-electron chi connectivity index (χ2n) is 4.94. The molecule has 1 aromatic carbocycles. The lowest BCUT2D eigenvalue weighted by Crippen LogP contribution is -2.25. The van der Waals surface area contributed by atoms with E-state index in [0.29, 0.717) is 0 Å². The van der Waals surface area contributed by atoms with E-state index in [1.807, 2.05) is 0 Å². The van der Waals surface area contributed by atoms with Crippen LogP contribution in [0.3, 0.4) is 0 Å². The highest BCUT2D eigenvalue weighted by molar-refractivity contribution is 8.13. The van der Waals surface area contributed by atoms with E-state index >= 15 is 0 Å². The highest BCUT2D eigenvalue weighted by Gasteiger charge is 2.35. The lowest BCUT2D eigenvalue weighted by molar-refractivity contribution is -0.137. The fraction of sp³-hybridized carbons (Fsp3) is 0.417. The second-order valence-corrected chi connectivity index (χ2v) is 8.17. The van der Waals surface area contributed by atoms with Crippen molar-refractivity contribution in [3.05, 3.63) is 28.8 Å². The van der Waals surface area contributed by atoms with Gasteiger partial charge in [0.2, 0.25) is 15.0 Å². The van der Waals surface area contributed by atoms with Crippen LogP contribution in [-0.2, 0) is 20.0 Å². The van der Waals surface area contributed by atoms with Gasteiger partial charge in [0.25, 0.3) is 0 Å². The molecule has 122 valence electrons. The van der Waals surface area contributed by atoms with Gasteiger partial charge in [-0.05, 0) is 18.2 Å². The molecule has 4 nitrogen and oxygen atoms in total. The third-order valence-electron chi connectivity index (χ3n) is 3.21. The van der Waals surface area contributed by atoms with Gasteiger partial charge in [-0.1, -0.05) is 11.6 Å². The number of nitrogens with zero attached hydrogens (tertiary/aromatic N) is 1. The van der Waals surface area contributed by atoms with E-state index in [4.69, 9.17) is 22.3 Å². The predicted molar refractivity (Wildman–Crippen MR) is 76.6 cm³/mol. The zero-order valence-corrected chi connectivity index (χ0v) is 13.2. The Morgan fingerprint density at radius 2 is 1.95 bits per heavy atom. The van der Waals surface area contributed by atoms with Crippen molar-refractivity contribution in [2.75, 3.05) is 17.2 Å². The van der Waals surface area contributed by atoms with Gasteiger partial charge in [0.15, 0.2) is 0 Å². The van der Waals surface area contributed by atoms with Gasteiger partial charge in [-0.25, -0.2) is 8.42 Å². The molecular weight excluding hydrogens is 366 g/mol. The number of alkyl halides is 3. The van der Waals surface area contributed by atoms with Crippen molar-refractivity contribution in [3.8, 4) is 0 Å². The summed E-state index contributed by atoms with van der Waals surface area (Å²) in [5, 5.41) is -0.224. The van der Waals surface area contributed by atoms with Crippen LogP contribution in [0.25, 0.3) is 0 Å². The van der Waals surface area contributed by atoms with E-state index in [1.54, 1.807) is 0 Å². The van der Waals surface area contributed by atoms with Gasteiger partial charge >= 0.3 is 6.18 Å². The molecule has 0 N–H and O–H groups in total. The number of halogens is 5. The van der Waals surface area contributed by atoms with Crippen LogP contribution in [0.1, 0.15) is 12.0 Å². The first-order valence-corrected chi connectivity index (χ1v) is 8.92. The van der Waals surface area contributed by atoms with E-state index in [-0.39, 0.29) is 29.4 Å². The summed E-state index contributed by atoms with van der Waals surface area (Å²) < 4.78 is 59.8. The Morgan fingerprint density at radius 1 is 1.32 bits per heavy atom. The molecule has 1 atom stereocenters. The molecule has 1 aliphatic heterocycles. The maximum atomic E-state index is 12.6. The van der Waals surface area contributed by atoms with Crippen LogP contribution in [0.2, 0.25) is 5.02 Å². The fourth-order valence-electron chi connectivity index (χ4n) is 2.31. The minimum Gasteiger partial charge on any atom is -0.311 e. The second kappa shape index (κ2) is 5.90. The number of benzene rings is 1. The molecule has 1 aliphatic rings. The van der Waals surface area contributed by atoms with Crippen LogP contribution in [-0.4, -0.2) is 26.6 Å². The molecule has 10 heteroatoms. The van der Waals surface area contributed by atoms with Crippen LogP contribution in [0.15, 0.2) is 18.2 Å². The molecule has 2 rings (SSSR count). The van der Waals surface area contributed by atoms with Crippen molar-refractivity contribution in [2.45, 2.75) is 12.6 Å². The van der Waals surface area contributed by atoms with E-state index < -0.39 is 32.6 Å². The number of carbonyl (C=O) groups is 1. The first-order valence-electron chi connectivity index (χ1n) is 6.07. The summed E-state index contributed by atoms with van der Waals surface area (Å²) in [6.45, 7) is 0.0376. The minimum absolute atomic E-state index is 0.0376. The van der Waals surface area contributed by atoms with Gasteiger partial charge in [0.1, 0.15) is 0 Å². The summed E-state index contributed by atoms with van der Waals surface area (Å²) in [5.41, 5.74) is -0.804. The average molecular weight is 376 g/mol. The van der Waals surface area contributed by atoms with Crippen LogP contribution < -0.4 is 4.90 Å². The Morgan fingerprint density at radius 3 is 2.45 bits per heavy atom. The number of anilines is 1. The van der Waals surface area contributed by atoms with Gasteiger partial charge in [-0.2, -0.15) is 13.2 Å². The molecule has 1 aromatic rings. The number of carbonyl (C=O) groups excluding carboxylic acids is 1. The van der Waals surface area contributed by atoms with Gasteiger partial charge < -0.3 is 4.90 Å². The summed E-state index contributed by atoms with van der Waals surface area (Å²) in [7, 11) is 1.39. The van der Waals surface area contributed by atoms with Crippen molar-refractivity contribution in [2.24, 2.45) is 5.92 Å². The zero-order valence-electron chi connectivity index (χ0n) is 10.9. The van der Waals surface area contributed by atoms with Crippen molar-refractivity contribution in [1.82, 2.24) is 0 Å². The van der Waals surface area contributed by atoms with Crippen LogP contribution in [0.5, 0.6) is 0 Å². The molecule has 22 heavy (non-hydrogen) atoms. The SMILES string of the molecule is O=C1CC(CS(=O)(=O)Cl)CN1c1ccc(C(F)(F)F)cc1Cl. The van der Waals surface area contributed by atoms with Crippen LogP contribution in [0.4, 0.5) is 18.9 Å². The summed E-state index contributed by atoms with van der Waals surface area (Å²) in [6, 6.07) is 2.65. The first kappa shape index (κ1) is 17.4. The lowest BCUT2D eigenvalue weighted by atomic mass is 10.1. The lowest BCUT2D eigenvalue weighted by Gasteiger charge is -2.19. The summed E-state index contributed by atoms with van der Waals surface area (Å²) in [6.07, 6.45) is -4.59. The zero-order chi connectivity index (χ0) is 16.7. The quantitative estimate of drug-likeness (QED) is 0.761. The van der Waals surface area contributed by atoms with E-state index in [9.17, 15) is 26.4 Å². The van der Waals surface area contributed by atoms with E-state index in [0.717, 1.165) is 18.2 Å².